The van der Waals surface area contributed by atoms with E-state index in [0.717, 1.165) is 43.6 Å². The first-order valence-electron chi connectivity index (χ1n) is 9.00. The molecule has 26 heavy (non-hydrogen) atoms. The zero-order valence-corrected chi connectivity index (χ0v) is 15.9. The van der Waals surface area contributed by atoms with Crippen molar-refractivity contribution in [3.63, 3.8) is 0 Å². The van der Waals surface area contributed by atoms with Crippen LogP contribution in [0.2, 0.25) is 0 Å². The van der Waals surface area contributed by atoms with E-state index in [1.807, 2.05) is 42.5 Å². The second kappa shape index (κ2) is 8.14. The fourth-order valence-corrected chi connectivity index (χ4v) is 4.13. The lowest BCUT2D eigenvalue weighted by Gasteiger charge is -2.32. The Labute approximate surface area is 155 Å². The first kappa shape index (κ1) is 18.8. The molecule has 0 saturated carbocycles. The third-order valence-electron chi connectivity index (χ3n) is 4.94. The molecule has 0 amide bonds. The molecule has 0 aliphatic carbocycles. The highest BCUT2D eigenvalue weighted by Gasteiger charge is 2.25. The van der Waals surface area contributed by atoms with Crippen LogP contribution in [0.4, 0.5) is 0 Å². The molecule has 2 aromatic rings. The minimum atomic E-state index is -3.16. The van der Waals surface area contributed by atoms with E-state index in [-0.39, 0.29) is 5.92 Å². The van der Waals surface area contributed by atoms with Gasteiger partial charge in [0.1, 0.15) is 5.78 Å². The zero-order chi connectivity index (χ0) is 18.6. The normalized spacial score (nSPS) is 18.6. The van der Waals surface area contributed by atoms with Crippen molar-refractivity contribution in [3.05, 3.63) is 65.7 Å². The van der Waals surface area contributed by atoms with Crippen LogP contribution in [0.25, 0.3) is 0 Å². The molecule has 1 aliphatic heterocycles. The van der Waals surface area contributed by atoms with E-state index in [2.05, 4.69) is 4.90 Å². The van der Waals surface area contributed by atoms with Gasteiger partial charge in [-0.1, -0.05) is 42.5 Å². The number of hydrogen-bond acceptors (Lipinski definition) is 4. The number of benzene rings is 2. The highest BCUT2D eigenvalue weighted by atomic mass is 32.2. The largest absolute Gasteiger partial charge is 0.299 e. The van der Waals surface area contributed by atoms with Crippen LogP contribution in [0.5, 0.6) is 0 Å². The van der Waals surface area contributed by atoms with Gasteiger partial charge < -0.3 is 0 Å². The van der Waals surface area contributed by atoms with E-state index >= 15 is 0 Å². The molecule has 0 spiro atoms. The molecule has 138 valence electrons. The quantitative estimate of drug-likeness (QED) is 0.783. The van der Waals surface area contributed by atoms with Crippen LogP contribution in [0.3, 0.4) is 0 Å². The summed E-state index contributed by atoms with van der Waals surface area (Å²) < 4.78 is 23.1. The van der Waals surface area contributed by atoms with Gasteiger partial charge in [0.2, 0.25) is 0 Å². The predicted molar refractivity (Wildman–Crippen MR) is 103 cm³/mol. The van der Waals surface area contributed by atoms with Crippen molar-refractivity contribution < 1.29 is 13.2 Å². The summed E-state index contributed by atoms with van der Waals surface area (Å²) in [5, 5.41) is 0. The molecule has 0 bridgehead atoms. The maximum Gasteiger partial charge on any atom is 0.175 e. The van der Waals surface area contributed by atoms with Crippen molar-refractivity contribution in [1.82, 2.24) is 4.90 Å². The Morgan fingerprint density at radius 1 is 1.04 bits per heavy atom. The maximum atomic E-state index is 12.6. The van der Waals surface area contributed by atoms with Crippen LogP contribution >= 0.6 is 0 Å². The molecule has 1 saturated heterocycles. The number of sulfone groups is 1. The minimum absolute atomic E-state index is 0.0826. The molecule has 0 unspecified atom stereocenters. The molecule has 0 N–H and O–H groups in total. The average Bonchev–Trinajstić information content (AvgIpc) is 2.62. The number of carbonyl (C=O) groups is 1. The van der Waals surface area contributed by atoms with E-state index in [9.17, 15) is 13.2 Å². The monoisotopic (exact) mass is 371 g/mol. The minimum Gasteiger partial charge on any atom is -0.299 e. The SMILES string of the molecule is CS(=O)(=O)c1ccc(CN2CCC[C@@H](C(=O)Cc3ccccc3)C2)cc1. The summed E-state index contributed by atoms with van der Waals surface area (Å²) in [4.78, 5) is 15.3. The number of hydrogen-bond donors (Lipinski definition) is 0. The molecule has 1 fully saturated rings. The van der Waals surface area contributed by atoms with Gasteiger partial charge in [-0.2, -0.15) is 0 Å². The summed E-state index contributed by atoms with van der Waals surface area (Å²) in [6, 6.07) is 17.0. The van der Waals surface area contributed by atoms with E-state index < -0.39 is 9.84 Å². The molecule has 1 heterocycles. The van der Waals surface area contributed by atoms with Gasteiger partial charge in [0.05, 0.1) is 4.90 Å². The van der Waals surface area contributed by atoms with E-state index in [0.29, 0.717) is 17.1 Å². The van der Waals surface area contributed by atoms with Crippen LogP contribution < -0.4 is 0 Å². The van der Waals surface area contributed by atoms with Crippen molar-refractivity contribution >= 4 is 15.6 Å². The average molecular weight is 372 g/mol. The first-order valence-corrected chi connectivity index (χ1v) is 10.9. The third kappa shape index (κ3) is 5.02. The summed E-state index contributed by atoms with van der Waals surface area (Å²) in [6.45, 7) is 2.50. The van der Waals surface area contributed by atoms with Gasteiger partial charge in [0, 0.05) is 31.7 Å². The molecular weight excluding hydrogens is 346 g/mol. The summed E-state index contributed by atoms with van der Waals surface area (Å²) in [7, 11) is -3.16. The smallest absolute Gasteiger partial charge is 0.175 e. The highest BCUT2D eigenvalue weighted by Crippen LogP contribution is 2.21. The number of carbonyl (C=O) groups excluding carboxylic acids is 1. The molecule has 3 rings (SSSR count). The lowest BCUT2D eigenvalue weighted by molar-refractivity contribution is -0.123. The lowest BCUT2D eigenvalue weighted by Crippen LogP contribution is -2.38. The van der Waals surface area contributed by atoms with Gasteiger partial charge in [-0.15, -0.1) is 0 Å². The Balaban J connectivity index is 1.59. The Morgan fingerprint density at radius 2 is 1.73 bits per heavy atom. The number of ketones is 1. The number of piperidine rings is 1. The Hall–Kier alpha value is -1.98. The standard InChI is InChI=1S/C21H25NO3S/c1-26(24,25)20-11-9-18(10-12-20)15-22-13-5-8-19(16-22)21(23)14-17-6-3-2-4-7-17/h2-4,6-7,9-12,19H,5,8,13-16H2,1H3/t19-/m1/s1. The summed E-state index contributed by atoms with van der Waals surface area (Å²) in [6.07, 6.45) is 3.69. The summed E-state index contributed by atoms with van der Waals surface area (Å²) in [5.74, 6) is 0.396. The van der Waals surface area contributed by atoms with E-state index in [1.54, 1.807) is 12.1 Å². The third-order valence-corrected chi connectivity index (χ3v) is 6.07. The Kier molecular flexibility index (Phi) is 5.89. The molecular formula is C21H25NO3S. The Morgan fingerprint density at radius 3 is 2.38 bits per heavy atom. The van der Waals surface area contributed by atoms with Gasteiger partial charge in [0.25, 0.3) is 0 Å². The van der Waals surface area contributed by atoms with Crippen LogP contribution in [0.1, 0.15) is 24.0 Å². The fourth-order valence-electron chi connectivity index (χ4n) is 3.50. The molecule has 0 aromatic heterocycles. The van der Waals surface area contributed by atoms with Crippen molar-refractivity contribution in [3.8, 4) is 0 Å². The Bertz CT molecular complexity index is 845. The van der Waals surface area contributed by atoms with Crippen LogP contribution in [0.15, 0.2) is 59.5 Å². The first-order chi connectivity index (χ1) is 12.4. The van der Waals surface area contributed by atoms with Crippen LogP contribution in [-0.2, 0) is 27.6 Å². The van der Waals surface area contributed by atoms with Gasteiger partial charge in [-0.25, -0.2) is 8.42 Å². The predicted octanol–water partition coefficient (Wildman–Crippen LogP) is 3.11. The van der Waals surface area contributed by atoms with Gasteiger partial charge in [-0.3, -0.25) is 9.69 Å². The van der Waals surface area contributed by atoms with Crippen molar-refractivity contribution in [2.24, 2.45) is 5.92 Å². The van der Waals surface area contributed by atoms with Crippen molar-refractivity contribution in [1.29, 1.82) is 0 Å². The van der Waals surface area contributed by atoms with Crippen LogP contribution in [0, 0.1) is 5.92 Å². The lowest BCUT2D eigenvalue weighted by atomic mass is 9.90. The van der Waals surface area contributed by atoms with E-state index in [4.69, 9.17) is 0 Å². The summed E-state index contributed by atoms with van der Waals surface area (Å²) >= 11 is 0. The number of rotatable bonds is 6. The van der Waals surface area contributed by atoms with Gasteiger partial charge in [-0.05, 0) is 42.6 Å². The van der Waals surface area contributed by atoms with Crippen molar-refractivity contribution in [2.45, 2.75) is 30.7 Å². The second-order valence-corrected chi connectivity index (χ2v) is 9.13. The molecule has 2 aromatic carbocycles. The zero-order valence-electron chi connectivity index (χ0n) is 15.1. The maximum absolute atomic E-state index is 12.6. The number of Topliss-reactive ketones (excluding diaryl/α,β-unsaturated/α-hetero) is 1. The van der Waals surface area contributed by atoms with Gasteiger partial charge >= 0.3 is 0 Å². The van der Waals surface area contributed by atoms with E-state index in [1.165, 1.54) is 6.26 Å². The molecule has 5 heteroatoms. The fraction of sp³-hybridized carbons (Fsp3) is 0.381. The van der Waals surface area contributed by atoms with Gasteiger partial charge in [0.15, 0.2) is 9.84 Å². The molecule has 0 radical (unpaired) electrons. The number of nitrogens with zero attached hydrogens (tertiary/aromatic N) is 1. The highest BCUT2D eigenvalue weighted by molar-refractivity contribution is 7.90. The van der Waals surface area contributed by atoms with Crippen molar-refractivity contribution in [2.75, 3.05) is 19.3 Å². The molecule has 1 aliphatic rings. The molecule has 1 atom stereocenters. The van der Waals surface area contributed by atoms with Crippen LogP contribution in [-0.4, -0.2) is 38.4 Å². The summed E-state index contributed by atoms with van der Waals surface area (Å²) in [5.41, 5.74) is 2.15. The molecule has 4 nitrogen and oxygen atoms in total. The topological polar surface area (TPSA) is 54.5 Å². The second-order valence-electron chi connectivity index (χ2n) is 7.12. The number of likely N-dealkylation sites (tertiary alicyclic amines) is 1.